The predicted molar refractivity (Wildman–Crippen MR) is 483 cm³/mol. The first-order chi connectivity index (χ1) is 60.8. The van der Waals surface area contributed by atoms with Gasteiger partial charge in [-0.15, -0.1) is 6.58 Å². The first-order valence-electron chi connectivity index (χ1n) is 46.9. The molecule has 17 aliphatic rings. The lowest BCUT2D eigenvalue weighted by Gasteiger charge is -2.64. The molecule has 10 fully saturated rings. The molecule has 0 amide bonds. The van der Waals surface area contributed by atoms with Gasteiger partial charge in [-0.25, -0.2) is 19.2 Å². The fourth-order valence-corrected chi connectivity index (χ4v) is 26.4. The van der Waals surface area contributed by atoms with Crippen LogP contribution in [0.25, 0.3) is 0 Å². The van der Waals surface area contributed by atoms with Crippen molar-refractivity contribution < 1.29 is 82.0 Å². The van der Waals surface area contributed by atoms with Crippen LogP contribution in [0.3, 0.4) is 0 Å². The summed E-state index contributed by atoms with van der Waals surface area (Å²) in [4.78, 5) is 98.7. The first kappa shape index (κ1) is 88.2. The molecule has 6 saturated carbocycles. The number of Topliss-reactive ketones (excluding diaryl/α,β-unsaturated/α-hetero) is 3. The highest BCUT2D eigenvalue weighted by atomic mass is 16.6. The highest BCUT2D eigenvalue weighted by molar-refractivity contribution is 5.95. The third-order valence-corrected chi connectivity index (χ3v) is 32.5. The SMILES string of the molecule is C=CCN1CC[C@]23c4c5ccc(OC(=O)/C=C/C=C(C)C)c4O[C@H]2C(=O)CC[C@@]3(O)[C@H]1C5.CC(C)=C/C=C/C(=O)Oc1ccc2c(c1)[C@@]13CCCC[C@@]1(O)[C@@H](C2)N(CC1CCC1)CC3.CC(C)=C/C=C/C(=O)Oc1ccc2c3c1O[C@@]1(C)C(=O)CC[C@H]4[C@@H](C2)N(C)CC[C@@]341.CC(C)=C/C=C/C(=O)Oc1ccc2c3c1O[C@H]1C(=O)CC[C@@]4(O)[C@@H](C2)N(CC2CC2)CC[C@]314. The summed E-state index contributed by atoms with van der Waals surface area (Å²) in [5, 5.41) is 36.7. The Bertz CT molecular complexity index is 5430. The van der Waals surface area contributed by atoms with Crippen molar-refractivity contribution in [1.82, 2.24) is 19.6 Å². The van der Waals surface area contributed by atoms with E-state index in [4.69, 9.17) is 33.2 Å². The van der Waals surface area contributed by atoms with Crippen molar-refractivity contribution in [2.24, 2.45) is 17.8 Å². The molecule has 4 aromatic carbocycles. The molecule has 4 saturated heterocycles. The number of esters is 4. The number of allylic oxidation sites excluding steroid dienone is 12. The minimum absolute atomic E-state index is 0.00935. The van der Waals surface area contributed by atoms with E-state index in [2.05, 4.69) is 51.4 Å². The third kappa shape index (κ3) is 14.6. The monoisotopic (exact) mass is 1730 g/mol. The topological polar surface area (TPSA) is 258 Å². The molecule has 3 N–H and O–H groups in total. The van der Waals surface area contributed by atoms with Gasteiger partial charge in [0.25, 0.3) is 0 Å². The van der Waals surface area contributed by atoms with Crippen LogP contribution in [-0.2, 0) is 80.9 Å². The van der Waals surface area contributed by atoms with Crippen LogP contribution in [-0.4, -0.2) is 188 Å². The lowest BCUT2D eigenvalue weighted by molar-refractivity contribution is -0.188. The molecular weight excluding hydrogens is 1600 g/mol. The second kappa shape index (κ2) is 33.8. The van der Waals surface area contributed by atoms with E-state index < -0.39 is 63.4 Å². The molecule has 8 bridgehead atoms. The van der Waals surface area contributed by atoms with E-state index >= 15 is 0 Å². The van der Waals surface area contributed by atoms with Crippen LogP contribution in [0.4, 0.5) is 0 Å². The zero-order chi connectivity index (χ0) is 89.2. The average Bonchev–Trinajstić information content (AvgIpc) is 1.53. The van der Waals surface area contributed by atoms with Gasteiger partial charge in [0.2, 0.25) is 0 Å². The molecular formula is C106H126N4O17. The van der Waals surface area contributed by atoms with Crippen LogP contribution in [0.5, 0.6) is 40.2 Å². The number of benzene rings is 4. The van der Waals surface area contributed by atoms with Crippen molar-refractivity contribution in [1.29, 1.82) is 0 Å². The lowest BCUT2D eigenvalue weighted by Crippen LogP contribution is -2.76. The molecule has 0 radical (unpaired) electrons. The second-order valence-corrected chi connectivity index (χ2v) is 40.7. The molecule has 10 aliphatic carbocycles. The molecule has 7 aliphatic heterocycles. The van der Waals surface area contributed by atoms with Gasteiger partial charge in [0.1, 0.15) is 5.75 Å². The number of ketones is 3. The molecule has 21 rings (SSSR count). The maximum Gasteiger partial charge on any atom is 0.336 e. The van der Waals surface area contributed by atoms with Crippen molar-refractivity contribution in [3.05, 3.63) is 207 Å². The summed E-state index contributed by atoms with van der Waals surface area (Å²) in [5.74, 6) is 3.55. The highest BCUT2D eigenvalue weighted by Gasteiger charge is 2.76. The fourth-order valence-electron chi connectivity index (χ4n) is 26.4. The van der Waals surface area contributed by atoms with Crippen molar-refractivity contribution in [2.75, 3.05) is 52.9 Å². The molecule has 672 valence electrons. The van der Waals surface area contributed by atoms with E-state index in [0.29, 0.717) is 104 Å². The van der Waals surface area contributed by atoms with Gasteiger partial charge in [0.05, 0.1) is 33.0 Å². The number of ether oxygens (including phenoxy) is 7. The van der Waals surface area contributed by atoms with Crippen LogP contribution in [0.1, 0.15) is 229 Å². The largest absolute Gasteiger partial charge is 0.477 e. The van der Waals surface area contributed by atoms with Gasteiger partial charge in [-0.1, -0.05) is 121 Å². The number of likely N-dealkylation sites (N-methyl/N-ethyl adjacent to an activating group) is 1. The summed E-state index contributed by atoms with van der Waals surface area (Å²) in [6, 6.07) is 18.1. The molecule has 4 aromatic rings. The Morgan fingerprint density at radius 2 is 0.913 bits per heavy atom. The van der Waals surface area contributed by atoms with E-state index in [9.17, 15) is 48.9 Å². The lowest BCUT2D eigenvalue weighted by atomic mass is 9.47. The van der Waals surface area contributed by atoms with Crippen molar-refractivity contribution >= 4 is 41.2 Å². The number of hydrogen-bond acceptors (Lipinski definition) is 21. The number of piperidine rings is 4. The third-order valence-electron chi connectivity index (χ3n) is 32.5. The molecule has 127 heavy (non-hydrogen) atoms. The van der Waals surface area contributed by atoms with Crippen LogP contribution >= 0.6 is 0 Å². The Labute approximate surface area is 747 Å². The maximum absolute atomic E-state index is 13.2. The van der Waals surface area contributed by atoms with Gasteiger partial charge in [-0.05, 0) is 274 Å². The molecule has 15 atom stereocenters. The molecule has 21 heteroatoms. The van der Waals surface area contributed by atoms with E-state index in [1.807, 2.05) is 117 Å². The maximum atomic E-state index is 13.2. The van der Waals surface area contributed by atoms with E-state index in [1.165, 1.54) is 73.1 Å². The van der Waals surface area contributed by atoms with Gasteiger partial charge in [0, 0.05) is 116 Å². The minimum atomic E-state index is -1.07. The number of carbonyl (C=O) groups excluding carboxylic acids is 7. The number of hydrogen-bond donors (Lipinski definition) is 3. The average molecular weight is 1730 g/mol. The fraction of sp³-hybridized carbons (Fsp3) is 0.538. The molecule has 3 spiro atoms. The Hall–Kier alpha value is -9.45. The number of nitrogens with zero attached hydrogens (tertiary/aromatic N) is 4. The number of aliphatic hydroxyl groups is 3. The first-order valence-corrected chi connectivity index (χ1v) is 46.9. The number of fused-ring (bicyclic) bond motifs is 1. The minimum Gasteiger partial charge on any atom is -0.477 e. The summed E-state index contributed by atoms with van der Waals surface area (Å²) >= 11 is 0. The second-order valence-electron chi connectivity index (χ2n) is 40.7. The quantitative estimate of drug-likeness (QED) is 0.0275. The Morgan fingerprint density at radius 1 is 0.472 bits per heavy atom. The zero-order valence-electron chi connectivity index (χ0n) is 75.7. The standard InChI is InChI=1S/C28H37NO3.C27H31NO5.C26H29NO5.C25H29NO4/c1-20(2)7-5-10-26(30)32-23-12-11-22-17-25-28(31)14-4-3-13-27(28,24(22)18-23)15-16-29(25)19-21-8-6-9-21;1-16(2)4-3-5-22(30)32-20-9-8-18-14-21-27(31)11-10-19(29)25-26(27,23(18)24(20)33-25)12-13-28(21)15-17-6-7-17;1-4-13-27-14-12-25-22-17-8-9-19(31-21(29)7-5-6-16(2)3)23(22)32-24(25)18(28)10-11-26(25,30)20(27)15-17;1-15(2)6-5-7-21(28)29-19-10-8-16-14-18-17-9-11-20(27)24(3)25(17,12-13-26(18)4)22(16)23(19)30-24/h5,7,10-12,18,21,25,31H,3-4,6,8-9,13-17,19H2,1-2H3;3-5,8-9,17,21,25,31H,6-7,10-15H2,1-2H3;4-9,20,24,30H,1,10-15H2,2-3H3;5-8,10,17-18H,9,11-14H2,1-4H3/b10-5+;5-3+;2*7-5+/t25-,27+,28-;21-,25+,26+,27-;20-,24+,25+,26-;17-,18+,24-,25-/m1110/s1. The van der Waals surface area contributed by atoms with E-state index in [0.717, 1.165) is 165 Å². The van der Waals surface area contributed by atoms with E-state index in [-0.39, 0.29) is 58.7 Å². The molecule has 0 aromatic heterocycles. The highest BCUT2D eigenvalue weighted by Crippen LogP contribution is 2.70. The number of likely N-dealkylation sites (tertiary alicyclic amines) is 4. The van der Waals surface area contributed by atoms with Gasteiger partial charge in [-0.3, -0.25) is 29.1 Å². The zero-order valence-corrected chi connectivity index (χ0v) is 75.7. The van der Waals surface area contributed by atoms with Crippen molar-refractivity contribution in [3.8, 4) is 40.2 Å². The summed E-state index contributed by atoms with van der Waals surface area (Å²) in [5.41, 5.74) is 7.55. The van der Waals surface area contributed by atoms with Crippen LogP contribution in [0.15, 0.2) is 162 Å². The predicted octanol–water partition coefficient (Wildman–Crippen LogP) is 15.1. The number of rotatable bonds is 18. The Balaban J connectivity index is 0.000000115. The van der Waals surface area contributed by atoms with Crippen molar-refractivity contribution in [2.45, 2.75) is 290 Å². The van der Waals surface area contributed by atoms with Gasteiger partial charge in [0.15, 0.2) is 69.7 Å². The van der Waals surface area contributed by atoms with Gasteiger partial charge < -0.3 is 53.4 Å². The summed E-state index contributed by atoms with van der Waals surface area (Å²) in [6.45, 7) is 28.1. The summed E-state index contributed by atoms with van der Waals surface area (Å²) < 4.78 is 41.7. The molecule has 7 heterocycles. The van der Waals surface area contributed by atoms with Gasteiger partial charge in [-0.2, -0.15) is 0 Å². The molecule has 0 unspecified atom stereocenters. The Morgan fingerprint density at radius 3 is 1.42 bits per heavy atom. The van der Waals surface area contributed by atoms with E-state index in [1.54, 1.807) is 36.4 Å². The van der Waals surface area contributed by atoms with Crippen molar-refractivity contribution in [3.63, 3.8) is 0 Å². The summed E-state index contributed by atoms with van der Waals surface area (Å²) in [6.07, 6.45) is 40.3. The van der Waals surface area contributed by atoms with Crippen LogP contribution < -0.4 is 33.2 Å². The van der Waals surface area contributed by atoms with Gasteiger partial charge >= 0.3 is 23.9 Å². The Kier molecular flexibility index (Phi) is 23.5. The van der Waals surface area contributed by atoms with Crippen LogP contribution in [0.2, 0.25) is 0 Å². The number of carbonyl (C=O) groups is 7. The normalized spacial score (nSPS) is 33.0. The summed E-state index contributed by atoms with van der Waals surface area (Å²) in [7, 11) is 2.20. The van der Waals surface area contributed by atoms with Crippen LogP contribution in [0, 0.1) is 17.8 Å². The smallest absolute Gasteiger partial charge is 0.336 e. The molecule has 21 nitrogen and oxygen atoms in total.